The number of thiazole rings is 1. The van der Waals surface area contributed by atoms with Gasteiger partial charge in [0.1, 0.15) is 0 Å². The fraction of sp³-hybridized carbons (Fsp3) is 0.280. The average molecular weight is 498 g/mol. The molecule has 0 aliphatic rings. The van der Waals surface area contributed by atoms with Crippen molar-refractivity contribution in [2.75, 3.05) is 18.5 Å². The molecule has 0 saturated heterocycles. The number of thioether (sulfide) groups is 1. The number of nitrogens with one attached hydrogen (secondary N) is 2. The number of aromatic nitrogens is 1. The summed E-state index contributed by atoms with van der Waals surface area (Å²) in [5.74, 6) is -0.330. The summed E-state index contributed by atoms with van der Waals surface area (Å²) >= 11 is 3.25. The second-order valence-electron chi connectivity index (χ2n) is 7.94. The highest BCUT2D eigenvalue weighted by Crippen LogP contribution is 2.24. The van der Waals surface area contributed by atoms with E-state index in [1.807, 2.05) is 38.3 Å². The van der Waals surface area contributed by atoms with Crippen LogP contribution in [-0.4, -0.2) is 35.9 Å². The second kappa shape index (κ2) is 12.3. The van der Waals surface area contributed by atoms with E-state index in [1.165, 1.54) is 0 Å². The van der Waals surface area contributed by atoms with E-state index in [1.54, 1.807) is 59.5 Å². The van der Waals surface area contributed by atoms with Crippen LogP contribution in [0, 0.1) is 12.8 Å². The molecule has 1 aromatic heterocycles. The number of amides is 2. The van der Waals surface area contributed by atoms with Crippen molar-refractivity contribution in [3.8, 4) is 0 Å². The largest absolute Gasteiger partial charge is 0.452 e. The number of aryl methyl sites for hydroxylation is 1. The van der Waals surface area contributed by atoms with Crippen LogP contribution in [0.25, 0.3) is 0 Å². The lowest BCUT2D eigenvalue weighted by atomic mass is 10.1. The normalized spacial score (nSPS) is 10.7. The highest BCUT2D eigenvalue weighted by molar-refractivity contribution is 7.98. The van der Waals surface area contributed by atoms with Crippen LogP contribution in [0.5, 0.6) is 0 Å². The lowest BCUT2D eigenvalue weighted by Crippen LogP contribution is -2.29. The zero-order valence-corrected chi connectivity index (χ0v) is 20.9. The standard InChI is InChI=1S/C25H27N3O4S2/c1-16(2)12-26-24(30)21-6-4-5-7-22(21)28-23(29)13-32-25(31)18-8-10-20(11-9-18)34-15-19-14-33-17(3)27-19/h4-11,14,16H,12-13,15H2,1-3H3,(H,26,30)(H,28,29). The second-order valence-corrected chi connectivity index (χ2v) is 10.1. The molecule has 3 rings (SSSR count). The number of esters is 1. The first kappa shape index (κ1) is 25.5. The minimum absolute atomic E-state index is 0.274. The molecule has 2 amide bonds. The predicted octanol–water partition coefficient (Wildman–Crippen LogP) is 4.93. The van der Waals surface area contributed by atoms with E-state index >= 15 is 0 Å². The summed E-state index contributed by atoms with van der Waals surface area (Å²) in [6.45, 7) is 6.04. The van der Waals surface area contributed by atoms with E-state index in [4.69, 9.17) is 4.74 Å². The third kappa shape index (κ3) is 7.71. The monoisotopic (exact) mass is 497 g/mol. The van der Waals surface area contributed by atoms with Gasteiger partial charge in [-0.15, -0.1) is 23.1 Å². The van der Waals surface area contributed by atoms with Gasteiger partial charge in [-0.05, 0) is 49.2 Å². The molecule has 34 heavy (non-hydrogen) atoms. The smallest absolute Gasteiger partial charge is 0.338 e. The summed E-state index contributed by atoms with van der Waals surface area (Å²) in [5, 5.41) is 8.55. The number of hydrogen-bond acceptors (Lipinski definition) is 7. The number of hydrogen-bond donors (Lipinski definition) is 2. The number of ether oxygens (including phenoxy) is 1. The van der Waals surface area contributed by atoms with E-state index in [0.29, 0.717) is 29.3 Å². The van der Waals surface area contributed by atoms with Gasteiger partial charge in [-0.1, -0.05) is 26.0 Å². The fourth-order valence-electron chi connectivity index (χ4n) is 2.90. The number of benzene rings is 2. The van der Waals surface area contributed by atoms with Crippen molar-refractivity contribution in [2.24, 2.45) is 5.92 Å². The van der Waals surface area contributed by atoms with Crippen molar-refractivity contribution >= 4 is 46.6 Å². The lowest BCUT2D eigenvalue weighted by molar-refractivity contribution is -0.119. The van der Waals surface area contributed by atoms with Crippen molar-refractivity contribution in [1.29, 1.82) is 0 Å². The van der Waals surface area contributed by atoms with E-state index in [2.05, 4.69) is 15.6 Å². The maximum Gasteiger partial charge on any atom is 0.338 e. The van der Waals surface area contributed by atoms with E-state index < -0.39 is 18.5 Å². The molecule has 0 radical (unpaired) electrons. The molecule has 178 valence electrons. The molecule has 0 unspecified atom stereocenters. The molecule has 0 aliphatic heterocycles. The molecule has 1 heterocycles. The van der Waals surface area contributed by atoms with Crippen LogP contribution in [0.2, 0.25) is 0 Å². The summed E-state index contributed by atoms with van der Waals surface area (Å²) in [6, 6.07) is 13.7. The predicted molar refractivity (Wildman–Crippen MR) is 135 cm³/mol. The van der Waals surface area contributed by atoms with Gasteiger partial charge in [0.2, 0.25) is 0 Å². The molecule has 7 nitrogen and oxygen atoms in total. The van der Waals surface area contributed by atoms with Gasteiger partial charge < -0.3 is 15.4 Å². The number of rotatable bonds is 10. The Bertz CT molecular complexity index is 1140. The maximum atomic E-state index is 12.4. The van der Waals surface area contributed by atoms with Gasteiger partial charge in [0.15, 0.2) is 6.61 Å². The van der Waals surface area contributed by atoms with Gasteiger partial charge in [0.25, 0.3) is 11.8 Å². The molecular weight excluding hydrogens is 470 g/mol. The molecule has 9 heteroatoms. The number of para-hydroxylation sites is 1. The first-order chi connectivity index (χ1) is 16.3. The molecule has 3 aromatic rings. The zero-order valence-electron chi connectivity index (χ0n) is 19.3. The highest BCUT2D eigenvalue weighted by atomic mass is 32.2. The minimum atomic E-state index is -0.593. The summed E-state index contributed by atoms with van der Waals surface area (Å²) in [4.78, 5) is 42.5. The molecule has 0 saturated carbocycles. The Hall–Kier alpha value is -3.17. The van der Waals surface area contributed by atoms with Crippen LogP contribution in [0.15, 0.2) is 58.8 Å². The summed E-state index contributed by atoms with van der Waals surface area (Å²) < 4.78 is 5.15. The van der Waals surface area contributed by atoms with Gasteiger partial charge in [-0.25, -0.2) is 9.78 Å². The molecule has 0 fully saturated rings. The van der Waals surface area contributed by atoms with Gasteiger partial charge in [0, 0.05) is 22.6 Å². The van der Waals surface area contributed by atoms with Crippen molar-refractivity contribution in [1.82, 2.24) is 10.3 Å². The SMILES string of the molecule is Cc1nc(CSc2ccc(C(=O)OCC(=O)Nc3ccccc3C(=O)NCC(C)C)cc2)cs1. The molecule has 0 atom stereocenters. The number of carbonyl (C=O) groups excluding carboxylic acids is 3. The van der Waals surface area contributed by atoms with Gasteiger partial charge in [-0.3, -0.25) is 9.59 Å². The zero-order chi connectivity index (χ0) is 24.5. The summed E-state index contributed by atoms with van der Waals surface area (Å²) in [5.41, 5.74) is 2.10. The first-order valence-electron chi connectivity index (χ1n) is 10.8. The minimum Gasteiger partial charge on any atom is -0.452 e. The Labute approximate surface area is 207 Å². The molecule has 0 spiro atoms. The Morgan fingerprint density at radius 2 is 1.82 bits per heavy atom. The Balaban J connectivity index is 1.49. The van der Waals surface area contributed by atoms with Crippen molar-refractivity contribution < 1.29 is 19.1 Å². The summed E-state index contributed by atoms with van der Waals surface area (Å²) in [6.07, 6.45) is 0. The Kier molecular flexibility index (Phi) is 9.24. The topological polar surface area (TPSA) is 97.4 Å². The summed E-state index contributed by atoms with van der Waals surface area (Å²) in [7, 11) is 0. The van der Waals surface area contributed by atoms with E-state index in [0.717, 1.165) is 21.3 Å². The van der Waals surface area contributed by atoms with E-state index in [9.17, 15) is 14.4 Å². The maximum absolute atomic E-state index is 12.4. The molecular formula is C25H27N3O4S2. The quantitative estimate of drug-likeness (QED) is 0.305. The van der Waals surface area contributed by atoms with Crippen LogP contribution in [0.1, 0.15) is 45.3 Å². The first-order valence-corrected chi connectivity index (χ1v) is 12.7. The van der Waals surface area contributed by atoms with Crippen molar-refractivity contribution in [2.45, 2.75) is 31.4 Å². The number of carbonyl (C=O) groups is 3. The fourth-order valence-corrected chi connectivity index (χ4v) is 4.41. The van der Waals surface area contributed by atoms with Crippen LogP contribution in [-0.2, 0) is 15.3 Å². The van der Waals surface area contributed by atoms with E-state index in [-0.39, 0.29) is 5.91 Å². The van der Waals surface area contributed by atoms with Crippen LogP contribution in [0.3, 0.4) is 0 Å². The average Bonchev–Trinajstić information content (AvgIpc) is 3.25. The number of anilines is 1. The van der Waals surface area contributed by atoms with Gasteiger partial charge in [-0.2, -0.15) is 0 Å². The number of nitrogens with zero attached hydrogens (tertiary/aromatic N) is 1. The Morgan fingerprint density at radius 1 is 1.09 bits per heavy atom. The van der Waals surface area contributed by atoms with Crippen LogP contribution in [0.4, 0.5) is 5.69 Å². The van der Waals surface area contributed by atoms with Gasteiger partial charge >= 0.3 is 5.97 Å². The third-order valence-electron chi connectivity index (χ3n) is 4.59. The molecule has 2 N–H and O–H groups in total. The van der Waals surface area contributed by atoms with Crippen molar-refractivity contribution in [3.05, 3.63) is 75.7 Å². The highest BCUT2D eigenvalue weighted by Gasteiger charge is 2.15. The van der Waals surface area contributed by atoms with Crippen LogP contribution < -0.4 is 10.6 Å². The molecule has 0 aliphatic carbocycles. The Morgan fingerprint density at radius 3 is 2.50 bits per heavy atom. The lowest BCUT2D eigenvalue weighted by Gasteiger charge is -2.12. The molecule has 2 aromatic carbocycles. The van der Waals surface area contributed by atoms with Gasteiger partial charge in [0.05, 0.1) is 27.5 Å². The van der Waals surface area contributed by atoms with Crippen molar-refractivity contribution in [3.63, 3.8) is 0 Å². The third-order valence-corrected chi connectivity index (χ3v) is 6.46. The molecule has 0 bridgehead atoms. The van der Waals surface area contributed by atoms with Crippen LogP contribution >= 0.6 is 23.1 Å².